The second kappa shape index (κ2) is 7.78. The highest BCUT2D eigenvalue weighted by atomic mass is 28.3. The highest BCUT2D eigenvalue weighted by Crippen LogP contribution is 2.14. The van der Waals surface area contributed by atoms with Gasteiger partial charge in [0.05, 0.1) is 19.3 Å². The molecule has 0 bridgehead atoms. The molecule has 6 heteroatoms. The second-order valence-corrected chi connectivity index (χ2v) is 12.1. The van der Waals surface area contributed by atoms with Gasteiger partial charge in [-0.05, 0) is 12.5 Å². The fraction of sp³-hybridized carbons (Fsp3) is 0.857. The van der Waals surface area contributed by atoms with Crippen LogP contribution in [0.15, 0.2) is 0 Å². The molecule has 0 spiro atoms. The van der Waals surface area contributed by atoms with Crippen molar-refractivity contribution in [2.24, 2.45) is 0 Å². The van der Waals surface area contributed by atoms with Crippen LogP contribution < -0.4 is 5.32 Å². The van der Waals surface area contributed by atoms with Crippen molar-refractivity contribution in [2.45, 2.75) is 51.5 Å². The second-order valence-electron chi connectivity index (χ2n) is 6.58. The molecule has 1 atom stereocenters. The van der Waals surface area contributed by atoms with Crippen LogP contribution in [0.4, 0.5) is 4.79 Å². The molecule has 1 fully saturated rings. The Hall–Kier alpha value is -0.883. The summed E-state index contributed by atoms with van der Waals surface area (Å²) < 4.78 is 5.24. The third kappa shape index (κ3) is 6.05. The molecule has 0 unspecified atom stereocenters. The lowest BCUT2D eigenvalue weighted by Gasteiger charge is -2.30. The van der Waals surface area contributed by atoms with E-state index in [1.807, 2.05) is 6.92 Å². The summed E-state index contributed by atoms with van der Waals surface area (Å²) in [7, 11) is -1.41. The highest BCUT2D eigenvalue weighted by Gasteiger charge is 2.28. The third-order valence-electron chi connectivity index (χ3n) is 3.30. The number of carbonyl (C=O) groups excluding carboxylic acids is 2. The molecule has 0 aromatic rings. The van der Waals surface area contributed by atoms with Crippen molar-refractivity contribution in [2.75, 3.05) is 26.3 Å². The number of Topliss-reactive ketones (excluding diaryl/α,β-unsaturated/α-hetero) is 1. The Balaban J connectivity index is 2.62. The standard InChI is InChI=1S/C14H28N2O3Si/c1-5-6-13(17)12(11-20(2,3)4)15-14(18)16-7-9-19-10-8-16/h12H,5-11H2,1-4H3,(H,15,18)/t12-/m0/s1. The van der Waals surface area contributed by atoms with Crippen LogP contribution in [0.1, 0.15) is 19.8 Å². The Labute approximate surface area is 123 Å². The number of hydrogen-bond acceptors (Lipinski definition) is 3. The summed E-state index contributed by atoms with van der Waals surface area (Å²) in [6, 6.07) is 0.361. The maximum absolute atomic E-state index is 12.2. The number of urea groups is 1. The smallest absolute Gasteiger partial charge is 0.318 e. The van der Waals surface area contributed by atoms with E-state index in [1.54, 1.807) is 4.90 Å². The van der Waals surface area contributed by atoms with Gasteiger partial charge in [-0.3, -0.25) is 4.79 Å². The molecule has 1 N–H and O–H groups in total. The molecule has 0 aromatic heterocycles. The van der Waals surface area contributed by atoms with E-state index in [1.165, 1.54) is 0 Å². The van der Waals surface area contributed by atoms with Crippen molar-refractivity contribution in [3.63, 3.8) is 0 Å². The van der Waals surface area contributed by atoms with Crippen molar-refractivity contribution in [3.8, 4) is 0 Å². The fourth-order valence-electron chi connectivity index (χ4n) is 2.29. The van der Waals surface area contributed by atoms with Crippen LogP contribution in [0, 0.1) is 0 Å². The Morgan fingerprint density at radius 3 is 2.35 bits per heavy atom. The first-order valence-corrected chi connectivity index (χ1v) is 11.2. The molecular weight excluding hydrogens is 272 g/mol. The molecule has 1 saturated heterocycles. The van der Waals surface area contributed by atoms with Gasteiger partial charge in [0.2, 0.25) is 0 Å². The van der Waals surface area contributed by atoms with Gasteiger partial charge in [-0.2, -0.15) is 0 Å². The van der Waals surface area contributed by atoms with Crippen molar-refractivity contribution in [1.29, 1.82) is 0 Å². The van der Waals surface area contributed by atoms with Crippen LogP contribution in [0.2, 0.25) is 25.7 Å². The van der Waals surface area contributed by atoms with Crippen molar-refractivity contribution in [1.82, 2.24) is 10.2 Å². The summed E-state index contributed by atoms with van der Waals surface area (Å²) in [5, 5.41) is 2.94. The van der Waals surface area contributed by atoms with Crippen molar-refractivity contribution >= 4 is 19.9 Å². The Bertz CT molecular complexity index is 336. The first-order chi connectivity index (χ1) is 9.33. The van der Waals surface area contributed by atoms with Crippen molar-refractivity contribution in [3.05, 3.63) is 0 Å². The maximum Gasteiger partial charge on any atom is 0.318 e. The zero-order valence-electron chi connectivity index (χ0n) is 13.2. The quantitative estimate of drug-likeness (QED) is 0.764. The lowest BCUT2D eigenvalue weighted by Crippen LogP contribution is -2.52. The Morgan fingerprint density at radius 1 is 1.25 bits per heavy atom. The van der Waals surface area contributed by atoms with Gasteiger partial charge in [-0.15, -0.1) is 0 Å². The van der Waals surface area contributed by atoms with Gasteiger partial charge >= 0.3 is 6.03 Å². The molecule has 0 aliphatic carbocycles. The molecule has 116 valence electrons. The predicted molar refractivity (Wildman–Crippen MR) is 82.8 cm³/mol. The molecule has 0 aromatic carbocycles. The summed E-state index contributed by atoms with van der Waals surface area (Å²) in [5.41, 5.74) is 0. The molecule has 0 saturated carbocycles. The highest BCUT2D eigenvalue weighted by molar-refractivity contribution is 6.76. The van der Waals surface area contributed by atoms with Crippen LogP contribution in [0.5, 0.6) is 0 Å². The SMILES string of the molecule is CCCC(=O)[C@H](C[Si](C)(C)C)NC(=O)N1CCOCC1. The molecule has 1 heterocycles. The lowest BCUT2D eigenvalue weighted by molar-refractivity contribution is -0.120. The third-order valence-corrected chi connectivity index (χ3v) is 4.93. The normalized spacial score (nSPS) is 17.7. The molecule has 1 rings (SSSR count). The lowest BCUT2D eigenvalue weighted by atomic mass is 10.1. The maximum atomic E-state index is 12.2. The topological polar surface area (TPSA) is 58.6 Å². The summed E-state index contributed by atoms with van der Waals surface area (Å²) in [4.78, 5) is 26.2. The average Bonchev–Trinajstić information content (AvgIpc) is 2.37. The summed E-state index contributed by atoms with van der Waals surface area (Å²) in [6.45, 7) is 11.0. The number of nitrogens with one attached hydrogen (secondary N) is 1. The van der Waals surface area contributed by atoms with E-state index in [9.17, 15) is 9.59 Å². The molecular formula is C14H28N2O3Si. The molecule has 2 amide bonds. The van der Waals surface area contributed by atoms with Gasteiger partial charge in [-0.25, -0.2) is 4.79 Å². The van der Waals surface area contributed by atoms with E-state index in [2.05, 4.69) is 25.0 Å². The minimum Gasteiger partial charge on any atom is -0.378 e. The molecule has 5 nitrogen and oxygen atoms in total. The van der Waals surface area contributed by atoms with E-state index in [4.69, 9.17) is 4.74 Å². The monoisotopic (exact) mass is 300 g/mol. The number of nitrogens with zero attached hydrogens (tertiary/aromatic N) is 1. The minimum atomic E-state index is -1.41. The van der Waals surface area contributed by atoms with Gasteiger partial charge in [-0.1, -0.05) is 26.6 Å². The zero-order chi connectivity index (χ0) is 15.2. The molecule has 1 aliphatic rings. The van der Waals surface area contributed by atoms with Crippen molar-refractivity contribution < 1.29 is 14.3 Å². The fourth-order valence-corrected chi connectivity index (χ4v) is 3.84. The van der Waals surface area contributed by atoms with Crippen LogP contribution in [0.25, 0.3) is 0 Å². The molecule has 1 aliphatic heterocycles. The first-order valence-electron chi connectivity index (χ1n) is 7.49. The van der Waals surface area contributed by atoms with Crippen LogP contribution in [-0.2, 0) is 9.53 Å². The summed E-state index contributed by atoms with van der Waals surface area (Å²) in [6.07, 6.45) is 1.37. The molecule has 20 heavy (non-hydrogen) atoms. The Morgan fingerprint density at radius 2 is 1.85 bits per heavy atom. The number of morpholine rings is 1. The number of rotatable bonds is 6. The first kappa shape index (κ1) is 17.2. The summed E-state index contributed by atoms with van der Waals surface area (Å²) >= 11 is 0. The van der Waals surface area contributed by atoms with Gasteiger partial charge in [0.15, 0.2) is 5.78 Å². The van der Waals surface area contributed by atoms with E-state index in [-0.39, 0.29) is 17.9 Å². The van der Waals surface area contributed by atoms with E-state index in [0.717, 1.165) is 12.5 Å². The van der Waals surface area contributed by atoms with Crippen LogP contribution >= 0.6 is 0 Å². The van der Waals surface area contributed by atoms with E-state index < -0.39 is 8.07 Å². The van der Waals surface area contributed by atoms with Crippen LogP contribution in [0.3, 0.4) is 0 Å². The van der Waals surface area contributed by atoms with E-state index in [0.29, 0.717) is 32.7 Å². The Kier molecular flexibility index (Phi) is 6.68. The van der Waals surface area contributed by atoms with Gasteiger partial charge in [0.25, 0.3) is 0 Å². The van der Waals surface area contributed by atoms with E-state index >= 15 is 0 Å². The van der Waals surface area contributed by atoms with Gasteiger partial charge in [0, 0.05) is 27.6 Å². The van der Waals surface area contributed by atoms with Gasteiger partial charge < -0.3 is 15.0 Å². The number of amides is 2. The largest absolute Gasteiger partial charge is 0.378 e. The average molecular weight is 300 g/mol. The zero-order valence-corrected chi connectivity index (χ0v) is 14.2. The van der Waals surface area contributed by atoms with Crippen LogP contribution in [-0.4, -0.2) is 57.1 Å². The minimum absolute atomic E-state index is 0.124. The number of ether oxygens (including phenoxy) is 1. The number of ketones is 1. The predicted octanol–water partition coefficient (Wildman–Crippen LogP) is 2.10. The molecule has 0 radical (unpaired) electrons. The van der Waals surface area contributed by atoms with Gasteiger partial charge in [0.1, 0.15) is 0 Å². The summed E-state index contributed by atoms with van der Waals surface area (Å²) in [5.74, 6) is 0.163. The number of hydrogen-bond donors (Lipinski definition) is 1. The number of carbonyl (C=O) groups is 2.